The molecule has 6 aliphatic heterocycles. The van der Waals surface area contributed by atoms with Crippen LogP contribution in [0.1, 0.15) is 229 Å². The van der Waals surface area contributed by atoms with Crippen molar-refractivity contribution in [2.75, 3.05) is 81.8 Å². The smallest absolute Gasteiger partial charge is 0.459 e. The summed E-state index contributed by atoms with van der Waals surface area (Å²) in [5, 5.41) is 67.1. The van der Waals surface area contributed by atoms with Crippen LogP contribution in [0.4, 0.5) is 9.59 Å². The molecule has 0 radical (unpaired) electrons. The Bertz CT molecular complexity index is 4180. The van der Waals surface area contributed by atoms with E-state index in [1.807, 2.05) is 94.7 Å². The van der Waals surface area contributed by atoms with Crippen molar-refractivity contribution in [1.29, 1.82) is 0 Å². The number of hydrogen-bond acceptors (Lipinski definition) is 35. The van der Waals surface area contributed by atoms with Crippen LogP contribution in [0, 0.1) is 35.5 Å². The van der Waals surface area contributed by atoms with Crippen LogP contribution in [0.2, 0.25) is 0 Å². The van der Waals surface area contributed by atoms with Crippen molar-refractivity contribution >= 4 is 47.9 Å². The predicted molar refractivity (Wildman–Crippen MR) is 514 cm³/mol. The van der Waals surface area contributed by atoms with Crippen LogP contribution in [0.3, 0.4) is 0 Å². The Morgan fingerprint density at radius 2 is 0.836 bits per heavy atom. The van der Waals surface area contributed by atoms with E-state index in [-0.39, 0.29) is 83.4 Å². The first kappa shape index (κ1) is 120. The number of cyclic esters (lactones) is 2. The standard InChI is InChI=1S/C59H91N3O18.C43H79N3O14/c1-16-44-59(12,69)49(64)39(8)60-52(65)35(4)30-57(10,70-14)50(37(6)47(38(7)53(66)76-44)78-46-31-58(11,71-15)51(40(9)75-46)77-45(63)32-62(17-2)18-3)80-54-48(79-56(68)73-34-42-27-23-20-24-28-42)43(29-36(5)74-54)61(13)55(67)72-33-41-25-21-19-22-26-41;1-16-30-43(12,52)35(49)27(8)45-38(50)23(4)20-41(10,53-14)36(60-40-33(48)29(44-13)19-24(5)55-40)25(6)34(26(7)39(51)57-30)59-32-21-42(11,54-15)37(28(9)56-32)58-31(47)22-46(17-2)18-3/h19-28,35-40,43-44,46-51,54,64,69H,16-18,29-34H2,1-15H3,(H,60,65);23-30,32-37,40,44,48-49,52H,16-22H2,1-15H3,(H,45,50)/t35-,36-,37+,38-,39-,40+,43+,44-,46+,47+,48-,49-,50-,51+,54+,57-,58-,59-;23-,24-,25+,26-,27-,28+,29+,30-,32+,33-,34+,35-,36-,37+,40+,41-,42-,43-/m11/s1. The van der Waals surface area contributed by atoms with E-state index < -0.39 is 252 Å². The van der Waals surface area contributed by atoms with Crippen LogP contribution in [0.5, 0.6) is 0 Å². The summed E-state index contributed by atoms with van der Waals surface area (Å²) in [5.74, 6) is -8.96. The number of esters is 4. The highest BCUT2D eigenvalue weighted by Crippen LogP contribution is 2.46. The lowest BCUT2D eigenvalue weighted by atomic mass is 9.77. The molecule has 8 N–H and O–H groups in total. The molecular formula is C102H170N6O32. The molecule has 8 rings (SSSR count). The average molecular weight is 1990 g/mol. The number of carbonyl (C=O) groups excluding carboxylic acids is 8. The van der Waals surface area contributed by atoms with Gasteiger partial charge in [-0.1, -0.05) is 130 Å². The minimum Gasteiger partial charge on any atom is -0.459 e. The van der Waals surface area contributed by atoms with Crippen molar-refractivity contribution in [2.45, 2.75) is 411 Å². The van der Waals surface area contributed by atoms with Gasteiger partial charge in [-0.25, -0.2) is 9.59 Å². The molecule has 38 heteroatoms. The summed E-state index contributed by atoms with van der Waals surface area (Å²) < 4.78 is 121. The van der Waals surface area contributed by atoms with Crippen LogP contribution in [0.15, 0.2) is 60.7 Å². The predicted octanol–water partition coefficient (Wildman–Crippen LogP) is 8.99. The Balaban J connectivity index is 0.000000397. The van der Waals surface area contributed by atoms with Crippen LogP contribution in [-0.4, -0.2) is 351 Å². The van der Waals surface area contributed by atoms with Crippen LogP contribution >= 0.6 is 0 Å². The van der Waals surface area contributed by atoms with Crippen LogP contribution in [0.25, 0.3) is 0 Å². The van der Waals surface area contributed by atoms with Gasteiger partial charge in [0.05, 0.1) is 103 Å². The summed E-state index contributed by atoms with van der Waals surface area (Å²) in [7, 11) is 9.25. The number of carbonyl (C=O) groups is 8. The number of aliphatic hydroxyl groups excluding tert-OH is 3. The summed E-state index contributed by atoms with van der Waals surface area (Å²) >= 11 is 0. The van der Waals surface area contributed by atoms with E-state index in [4.69, 9.17) is 90.0 Å². The minimum absolute atomic E-state index is 0.00133. The molecule has 38 nitrogen and oxygen atoms in total. The summed E-state index contributed by atoms with van der Waals surface area (Å²) in [6.45, 7) is 44.2. The molecule has 800 valence electrons. The molecule has 6 aliphatic rings. The maximum Gasteiger partial charge on any atom is 0.509 e. The number of likely N-dealkylation sites (N-methyl/N-ethyl adjacent to an activating group) is 4. The van der Waals surface area contributed by atoms with Gasteiger partial charge in [-0.15, -0.1) is 0 Å². The van der Waals surface area contributed by atoms with E-state index in [0.29, 0.717) is 38.2 Å². The molecule has 6 saturated heterocycles. The van der Waals surface area contributed by atoms with Gasteiger partial charge in [0.15, 0.2) is 43.5 Å². The van der Waals surface area contributed by atoms with E-state index in [2.05, 4.69) is 16.0 Å². The van der Waals surface area contributed by atoms with Crippen LogP contribution < -0.4 is 16.0 Å². The van der Waals surface area contributed by atoms with Gasteiger partial charge in [0.1, 0.15) is 66.1 Å². The molecule has 0 unspecified atom stereocenters. The number of hydrogen-bond donors (Lipinski definition) is 8. The number of nitrogens with one attached hydrogen (secondary N) is 3. The zero-order chi connectivity index (χ0) is 105. The third-order valence-electron chi connectivity index (χ3n) is 29.7. The molecule has 2 aromatic rings. The fourth-order valence-electron chi connectivity index (χ4n) is 20.5. The van der Waals surface area contributed by atoms with Crippen molar-refractivity contribution in [1.82, 2.24) is 30.7 Å². The Hall–Kier alpha value is -7.00. The van der Waals surface area contributed by atoms with Crippen molar-refractivity contribution in [3.8, 4) is 0 Å². The van der Waals surface area contributed by atoms with Gasteiger partial charge < -0.3 is 136 Å². The quantitative estimate of drug-likeness (QED) is 0.0258. The second-order valence-corrected chi connectivity index (χ2v) is 40.5. The number of ether oxygens (including phenoxy) is 19. The molecule has 3 amide bonds. The number of rotatable bonds is 31. The van der Waals surface area contributed by atoms with Crippen molar-refractivity contribution < 1.29 is 154 Å². The zero-order valence-electron chi connectivity index (χ0n) is 88.5. The number of nitrogens with zero attached hydrogens (tertiary/aromatic N) is 3. The number of aliphatic hydroxyl groups is 5. The summed E-state index contributed by atoms with van der Waals surface area (Å²) in [6, 6.07) is 14.9. The van der Waals surface area contributed by atoms with Gasteiger partial charge in [-0.3, -0.25) is 38.6 Å². The van der Waals surface area contributed by atoms with E-state index in [9.17, 15) is 63.9 Å². The largest absolute Gasteiger partial charge is 0.509 e. The fourth-order valence-corrected chi connectivity index (χ4v) is 20.5. The molecule has 0 spiro atoms. The first-order valence-corrected chi connectivity index (χ1v) is 50.0. The molecule has 0 saturated carbocycles. The fraction of sp³-hybridized carbons (Fsp3) is 0.804. The molecule has 0 bridgehead atoms. The highest BCUT2D eigenvalue weighted by Gasteiger charge is 2.59. The lowest BCUT2D eigenvalue weighted by Gasteiger charge is -2.50. The van der Waals surface area contributed by atoms with E-state index in [1.54, 1.807) is 135 Å². The van der Waals surface area contributed by atoms with Crippen molar-refractivity contribution in [3.63, 3.8) is 0 Å². The maximum absolute atomic E-state index is 14.9. The second kappa shape index (κ2) is 53.4. The molecule has 6 fully saturated rings. The van der Waals surface area contributed by atoms with Gasteiger partial charge in [-0.05, 0) is 180 Å². The van der Waals surface area contributed by atoms with Crippen molar-refractivity contribution in [2.24, 2.45) is 35.5 Å². The number of benzene rings is 2. The molecule has 0 aromatic heterocycles. The molecule has 2 aromatic carbocycles. The lowest BCUT2D eigenvalue weighted by Crippen LogP contribution is -2.62. The third kappa shape index (κ3) is 30.6. The average Bonchev–Trinajstić information content (AvgIpc) is 0.888. The Labute approximate surface area is 829 Å². The first-order valence-electron chi connectivity index (χ1n) is 50.0. The second-order valence-electron chi connectivity index (χ2n) is 40.5. The van der Waals surface area contributed by atoms with Gasteiger partial charge in [0.25, 0.3) is 0 Å². The topological polar surface area (TPSA) is 459 Å². The van der Waals surface area contributed by atoms with E-state index in [0.717, 1.165) is 5.56 Å². The third-order valence-corrected chi connectivity index (χ3v) is 29.7. The van der Waals surface area contributed by atoms with Crippen LogP contribution in [-0.2, 0) is 132 Å². The van der Waals surface area contributed by atoms with E-state index >= 15 is 0 Å². The highest BCUT2D eigenvalue weighted by molar-refractivity contribution is 5.80. The van der Waals surface area contributed by atoms with E-state index in [1.165, 1.54) is 54.2 Å². The Morgan fingerprint density at radius 3 is 1.21 bits per heavy atom. The van der Waals surface area contributed by atoms with Gasteiger partial charge in [0, 0.05) is 78.0 Å². The normalized spacial score (nSPS) is 39.2. The zero-order valence-corrected chi connectivity index (χ0v) is 88.5. The molecule has 0 aliphatic carbocycles. The molecule has 6 heterocycles. The number of amides is 3. The van der Waals surface area contributed by atoms with Gasteiger partial charge in [0.2, 0.25) is 11.8 Å². The first-order chi connectivity index (χ1) is 65.7. The molecule has 140 heavy (non-hydrogen) atoms. The number of methoxy groups -OCH3 is 4. The molecule has 36 atom stereocenters. The van der Waals surface area contributed by atoms with Crippen molar-refractivity contribution in [3.05, 3.63) is 71.8 Å². The Kier molecular flexibility index (Phi) is 45.7. The summed E-state index contributed by atoms with van der Waals surface area (Å²) in [5.41, 5.74) is -7.64. The SMILES string of the molecule is CC[C@H]1OC(=O)[C@H](C)[C@@H](O[C@H]2C[C@@](C)(OC)[C@@H](OC(=O)CN(CC)CC)[C@H](C)O2)[C@H](C)[C@@H](O[C@@H]2O[C@H](C)C[C@H](N(C)C(=O)OCc3ccccc3)[C@H]2OC(=O)OCc2ccccc2)[C@](C)(OC)C[C@@H](C)C(=O)N[C@H](C)[C@@H](O)[C@]1(C)O.CC[C@H]1OC(=O)[C@H](C)[C@@H](O[C@H]2C[C@@](C)(OC)[C@@H](OC(=O)CN(CC)CC)[C@H](C)O2)[C@H](C)[C@@H](O[C@@H]2O[C@H](C)C[C@H](NC)[C@H]2O)[C@](C)(OC)C[C@@H](C)C(=O)N[C@H](C)[C@@H](O)[C@]1(C)O. The highest BCUT2D eigenvalue weighted by atomic mass is 16.8. The van der Waals surface area contributed by atoms with Gasteiger partial charge in [-0.2, -0.15) is 0 Å². The molecular weight excluding hydrogens is 1820 g/mol. The minimum atomic E-state index is -2.06. The summed E-state index contributed by atoms with van der Waals surface area (Å²) in [6.07, 6.45) is -22.4. The summed E-state index contributed by atoms with van der Waals surface area (Å²) in [4.78, 5) is 117. The monoisotopic (exact) mass is 1990 g/mol. The van der Waals surface area contributed by atoms with Gasteiger partial charge >= 0.3 is 36.1 Å². The Morgan fingerprint density at radius 1 is 0.471 bits per heavy atom. The maximum atomic E-state index is 14.9. The lowest BCUT2D eigenvalue weighted by molar-refractivity contribution is -0.320.